The highest BCUT2D eigenvalue weighted by Crippen LogP contribution is 2.21. The van der Waals surface area contributed by atoms with Crippen LogP contribution in [-0.4, -0.2) is 12.6 Å². The largest absolute Gasteiger partial charge is 0.467 e. The van der Waals surface area contributed by atoms with Crippen LogP contribution in [0.15, 0.2) is 41.0 Å². The summed E-state index contributed by atoms with van der Waals surface area (Å²) in [4.78, 5) is 11.6. The van der Waals surface area contributed by atoms with E-state index in [9.17, 15) is 4.79 Å². The Hall–Kier alpha value is -2.43. The van der Waals surface area contributed by atoms with Gasteiger partial charge in [0.15, 0.2) is 0 Å². The van der Waals surface area contributed by atoms with Crippen LogP contribution in [0.25, 0.3) is 0 Å². The smallest absolute Gasteiger partial charge is 0.338 e. The van der Waals surface area contributed by atoms with Crippen molar-refractivity contribution in [1.29, 1.82) is 0 Å². The number of nitrogen functional groups attached to an aromatic ring is 1. The van der Waals surface area contributed by atoms with Crippen LogP contribution in [0.5, 0.6) is 0 Å². The lowest BCUT2D eigenvalue weighted by atomic mass is 10.1. The summed E-state index contributed by atoms with van der Waals surface area (Å²) in [6.45, 7) is 2.62. The molecular formula is C14H16N2O3. The zero-order chi connectivity index (χ0) is 13.7. The van der Waals surface area contributed by atoms with Gasteiger partial charge in [-0.3, -0.25) is 0 Å². The summed E-state index contributed by atoms with van der Waals surface area (Å²) < 4.78 is 10.2. The molecule has 0 aliphatic carbocycles. The Morgan fingerprint density at radius 1 is 1.42 bits per heavy atom. The minimum atomic E-state index is -0.358. The van der Waals surface area contributed by atoms with Crippen LogP contribution >= 0.6 is 0 Å². The van der Waals surface area contributed by atoms with Gasteiger partial charge < -0.3 is 20.2 Å². The summed E-state index contributed by atoms with van der Waals surface area (Å²) in [7, 11) is 0. The number of hydrogen-bond acceptors (Lipinski definition) is 5. The van der Waals surface area contributed by atoms with Crippen LogP contribution in [0.1, 0.15) is 23.0 Å². The second-order valence-corrected chi connectivity index (χ2v) is 3.96. The van der Waals surface area contributed by atoms with Crippen LogP contribution in [0.2, 0.25) is 0 Å². The van der Waals surface area contributed by atoms with Crippen LogP contribution in [-0.2, 0) is 11.3 Å². The summed E-state index contributed by atoms with van der Waals surface area (Å²) in [5.74, 6) is 0.435. The maximum absolute atomic E-state index is 11.6. The van der Waals surface area contributed by atoms with Crippen molar-refractivity contribution in [3.63, 3.8) is 0 Å². The number of ether oxygens (including phenoxy) is 1. The minimum Gasteiger partial charge on any atom is -0.467 e. The van der Waals surface area contributed by atoms with Crippen molar-refractivity contribution in [3.05, 3.63) is 47.9 Å². The molecule has 0 saturated carbocycles. The minimum absolute atomic E-state index is 0.346. The molecule has 5 nitrogen and oxygen atoms in total. The monoisotopic (exact) mass is 260 g/mol. The van der Waals surface area contributed by atoms with Gasteiger partial charge in [0.25, 0.3) is 0 Å². The lowest BCUT2D eigenvalue weighted by Crippen LogP contribution is -2.07. The summed E-state index contributed by atoms with van der Waals surface area (Å²) in [5.41, 5.74) is 7.58. The fourth-order valence-corrected chi connectivity index (χ4v) is 1.65. The van der Waals surface area contributed by atoms with Gasteiger partial charge in [-0.2, -0.15) is 0 Å². The van der Waals surface area contributed by atoms with E-state index in [2.05, 4.69) is 5.32 Å². The normalized spacial score (nSPS) is 10.2. The summed E-state index contributed by atoms with van der Waals surface area (Å²) in [5, 5.41) is 3.13. The number of benzene rings is 1. The number of rotatable bonds is 5. The van der Waals surface area contributed by atoms with E-state index >= 15 is 0 Å². The predicted molar refractivity (Wildman–Crippen MR) is 72.8 cm³/mol. The Morgan fingerprint density at radius 2 is 2.26 bits per heavy atom. The first kappa shape index (κ1) is 13.0. The van der Waals surface area contributed by atoms with Gasteiger partial charge in [-0.15, -0.1) is 0 Å². The number of hydrogen-bond donors (Lipinski definition) is 2. The van der Waals surface area contributed by atoms with Gasteiger partial charge >= 0.3 is 5.97 Å². The molecule has 0 radical (unpaired) electrons. The van der Waals surface area contributed by atoms with Gasteiger partial charge in [0.05, 0.1) is 36.4 Å². The summed E-state index contributed by atoms with van der Waals surface area (Å²) in [6.07, 6.45) is 1.61. The number of esters is 1. The van der Waals surface area contributed by atoms with E-state index < -0.39 is 0 Å². The predicted octanol–water partition coefficient (Wildman–Crippen LogP) is 2.65. The van der Waals surface area contributed by atoms with Gasteiger partial charge in [-0.1, -0.05) is 0 Å². The molecule has 3 N–H and O–H groups in total. The van der Waals surface area contributed by atoms with E-state index in [1.807, 2.05) is 12.1 Å². The molecule has 1 aromatic carbocycles. The average molecular weight is 260 g/mol. The molecule has 1 heterocycles. The number of furan rings is 1. The second-order valence-electron chi connectivity index (χ2n) is 3.96. The van der Waals surface area contributed by atoms with Crippen molar-refractivity contribution in [2.45, 2.75) is 13.5 Å². The molecule has 0 bridgehead atoms. The molecule has 2 aromatic rings. The van der Waals surface area contributed by atoms with E-state index in [4.69, 9.17) is 14.9 Å². The molecule has 0 aliphatic heterocycles. The number of anilines is 2. The standard InChI is InChI=1S/C14H16N2O3/c1-2-18-14(17)10-5-6-12(15)13(8-10)16-9-11-4-3-7-19-11/h3-8,16H,2,9,15H2,1H3. The Bertz CT molecular complexity index is 550. The first-order chi connectivity index (χ1) is 9.20. The number of carbonyl (C=O) groups excluding carboxylic acids is 1. The molecule has 0 fully saturated rings. The molecule has 0 amide bonds. The van der Waals surface area contributed by atoms with Crippen LogP contribution in [0, 0.1) is 0 Å². The van der Waals surface area contributed by atoms with Crippen LogP contribution in [0.4, 0.5) is 11.4 Å². The highest BCUT2D eigenvalue weighted by molar-refractivity contribution is 5.92. The number of carbonyl (C=O) groups is 1. The first-order valence-electron chi connectivity index (χ1n) is 6.03. The van der Waals surface area contributed by atoms with Crippen molar-refractivity contribution >= 4 is 17.3 Å². The second kappa shape index (κ2) is 5.95. The third-order valence-corrected chi connectivity index (χ3v) is 2.60. The van der Waals surface area contributed by atoms with Crippen molar-refractivity contribution in [1.82, 2.24) is 0 Å². The van der Waals surface area contributed by atoms with Gasteiger partial charge in [0, 0.05) is 0 Å². The van der Waals surface area contributed by atoms with Gasteiger partial charge in [0.2, 0.25) is 0 Å². The van der Waals surface area contributed by atoms with E-state index in [0.29, 0.717) is 30.1 Å². The third-order valence-electron chi connectivity index (χ3n) is 2.60. The van der Waals surface area contributed by atoms with Crippen LogP contribution < -0.4 is 11.1 Å². The van der Waals surface area contributed by atoms with Crippen LogP contribution in [0.3, 0.4) is 0 Å². The maximum atomic E-state index is 11.6. The molecular weight excluding hydrogens is 244 g/mol. The lowest BCUT2D eigenvalue weighted by molar-refractivity contribution is 0.0526. The Balaban J connectivity index is 2.10. The van der Waals surface area contributed by atoms with Gasteiger partial charge in [-0.05, 0) is 37.3 Å². The average Bonchev–Trinajstić information content (AvgIpc) is 2.91. The summed E-state index contributed by atoms with van der Waals surface area (Å²) in [6, 6.07) is 8.67. The van der Waals surface area contributed by atoms with Gasteiger partial charge in [0.1, 0.15) is 5.76 Å². The van der Waals surface area contributed by atoms with Crippen molar-refractivity contribution in [3.8, 4) is 0 Å². The fraction of sp³-hybridized carbons (Fsp3) is 0.214. The third kappa shape index (κ3) is 3.28. The Kier molecular flexibility index (Phi) is 4.07. The van der Waals surface area contributed by atoms with E-state index in [1.165, 1.54) is 0 Å². The fourth-order valence-electron chi connectivity index (χ4n) is 1.65. The summed E-state index contributed by atoms with van der Waals surface area (Å²) >= 11 is 0. The topological polar surface area (TPSA) is 77.5 Å². The molecule has 100 valence electrons. The molecule has 5 heteroatoms. The number of nitrogens with one attached hydrogen (secondary N) is 1. The SMILES string of the molecule is CCOC(=O)c1ccc(N)c(NCc2ccco2)c1. The molecule has 1 aromatic heterocycles. The van der Waals surface area contributed by atoms with E-state index in [0.717, 1.165) is 5.76 Å². The van der Waals surface area contributed by atoms with Crippen molar-refractivity contribution < 1.29 is 13.9 Å². The van der Waals surface area contributed by atoms with E-state index in [1.54, 1.807) is 31.4 Å². The molecule has 0 aliphatic rings. The van der Waals surface area contributed by atoms with Crippen molar-refractivity contribution in [2.75, 3.05) is 17.7 Å². The molecule has 0 saturated heterocycles. The highest BCUT2D eigenvalue weighted by atomic mass is 16.5. The maximum Gasteiger partial charge on any atom is 0.338 e. The lowest BCUT2D eigenvalue weighted by Gasteiger charge is -2.10. The van der Waals surface area contributed by atoms with Gasteiger partial charge in [-0.25, -0.2) is 4.79 Å². The quantitative estimate of drug-likeness (QED) is 0.638. The van der Waals surface area contributed by atoms with Crippen molar-refractivity contribution in [2.24, 2.45) is 0 Å². The molecule has 2 rings (SSSR count). The molecule has 19 heavy (non-hydrogen) atoms. The first-order valence-corrected chi connectivity index (χ1v) is 6.03. The Labute approximate surface area is 111 Å². The molecule has 0 unspecified atom stereocenters. The zero-order valence-electron chi connectivity index (χ0n) is 10.7. The van der Waals surface area contributed by atoms with E-state index in [-0.39, 0.29) is 5.97 Å². The number of nitrogens with two attached hydrogens (primary N) is 1. The highest BCUT2D eigenvalue weighted by Gasteiger charge is 2.09. The zero-order valence-corrected chi connectivity index (χ0v) is 10.7. The molecule has 0 spiro atoms. The Morgan fingerprint density at radius 3 is 2.95 bits per heavy atom. The molecule has 0 atom stereocenters.